The first-order chi connectivity index (χ1) is 13.5. The molecule has 0 saturated heterocycles. The molecule has 0 fully saturated rings. The molecule has 2 heteroatoms. The summed E-state index contributed by atoms with van der Waals surface area (Å²) in [5.74, 6) is 0.777. The van der Waals surface area contributed by atoms with E-state index in [1.807, 2.05) is 18.2 Å². The largest absolute Gasteiger partial charge is 0.247 e. The van der Waals surface area contributed by atoms with Gasteiger partial charge < -0.3 is 0 Å². The Kier molecular flexibility index (Phi) is 4.61. The lowest BCUT2D eigenvalue weighted by Crippen LogP contribution is -2.02. The molecule has 28 heavy (non-hydrogen) atoms. The van der Waals surface area contributed by atoms with Crippen molar-refractivity contribution in [1.29, 1.82) is 5.26 Å². The number of hydrogen-bond donors (Lipinski definition) is 0. The van der Waals surface area contributed by atoms with E-state index in [1.165, 1.54) is 16.7 Å². The molecule has 0 atom stereocenters. The van der Waals surface area contributed by atoms with Gasteiger partial charge in [-0.2, -0.15) is 5.26 Å². The Morgan fingerprint density at radius 2 is 1.32 bits per heavy atom. The van der Waals surface area contributed by atoms with E-state index in [9.17, 15) is 5.26 Å². The van der Waals surface area contributed by atoms with Crippen LogP contribution in [0.3, 0.4) is 0 Å². The molecule has 1 aliphatic carbocycles. The number of aliphatic imine (C=N–C) groups is 1. The Labute approximate surface area is 167 Å². The van der Waals surface area contributed by atoms with E-state index < -0.39 is 0 Å². The second kappa shape index (κ2) is 7.09. The first-order valence-electron chi connectivity index (χ1n) is 9.87. The van der Waals surface area contributed by atoms with Crippen molar-refractivity contribution < 1.29 is 0 Å². The highest BCUT2D eigenvalue weighted by Gasteiger charge is 2.26. The fourth-order valence-electron chi connectivity index (χ4n) is 3.99. The van der Waals surface area contributed by atoms with Crippen LogP contribution in [0, 0.1) is 11.3 Å². The molecular weight excluding hydrogens is 340 g/mol. The SMILES string of the molecule is CC(C)c1cccc(C(C)C)c1N=C1c2ccccc2-c2ccc(C#N)cc21. The molecule has 1 aliphatic rings. The van der Waals surface area contributed by atoms with Crippen LogP contribution in [-0.2, 0) is 0 Å². The molecule has 0 N–H and O–H groups in total. The normalized spacial score (nSPS) is 13.7. The van der Waals surface area contributed by atoms with Crippen molar-refractivity contribution in [3.8, 4) is 17.2 Å². The molecule has 4 rings (SSSR count). The number of hydrogen-bond acceptors (Lipinski definition) is 2. The van der Waals surface area contributed by atoms with Crippen LogP contribution >= 0.6 is 0 Å². The van der Waals surface area contributed by atoms with E-state index >= 15 is 0 Å². The Morgan fingerprint density at radius 1 is 0.714 bits per heavy atom. The van der Waals surface area contributed by atoms with Gasteiger partial charge in [0.25, 0.3) is 0 Å². The fraction of sp³-hybridized carbons (Fsp3) is 0.231. The van der Waals surface area contributed by atoms with Crippen LogP contribution in [0.4, 0.5) is 5.69 Å². The van der Waals surface area contributed by atoms with Crippen molar-refractivity contribution in [3.05, 3.63) is 88.5 Å². The van der Waals surface area contributed by atoms with Crippen LogP contribution in [0.25, 0.3) is 11.1 Å². The number of fused-ring (bicyclic) bond motifs is 3. The van der Waals surface area contributed by atoms with Gasteiger partial charge in [0.2, 0.25) is 0 Å². The number of benzene rings is 3. The topological polar surface area (TPSA) is 36.1 Å². The van der Waals surface area contributed by atoms with Gasteiger partial charge in [0, 0.05) is 11.1 Å². The zero-order valence-corrected chi connectivity index (χ0v) is 16.8. The molecule has 0 radical (unpaired) electrons. The zero-order valence-electron chi connectivity index (χ0n) is 16.8. The van der Waals surface area contributed by atoms with Crippen LogP contribution in [0.2, 0.25) is 0 Å². The summed E-state index contributed by atoms with van der Waals surface area (Å²) in [6, 6.07) is 23.1. The van der Waals surface area contributed by atoms with Gasteiger partial charge in [0.15, 0.2) is 0 Å². The number of nitrogens with zero attached hydrogens (tertiary/aromatic N) is 2. The molecule has 0 unspecified atom stereocenters. The van der Waals surface area contributed by atoms with Gasteiger partial charge in [-0.1, -0.05) is 76.2 Å². The highest BCUT2D eigenvalue weighted by Crippen LogP contribution is 2.41. The van der Waals surface area contributed by atoms with E-state index in [0.29, 0.717) is 17.4 Å². The lowest BCUT2D eigenvalue weighted by Gasteiger charge is -2.17. The lowest BCUT2D eigenvalue weighted by atomic mass is 9.92. The number of nitriles is 1. The van der Waals surface area contributed by atoms with Gasteiger partial charge in [-0.05, 0) is 46.2 Å². The Bertz CT molecular complexity index is 1100. The minimum absolute atomic E-state index is 0.389. The minimum Gasteiger partial charge on any atom is -0.247 e. The summed E-state index contributed by atoms with van der Waals surface area (Å²) in [4.78, 5) is 5.27. The van der Waals surface area contributed by atoms with E-state index in [2.05, 4.69) is 76.2 Å². The van der Waals surface area contributed by atoms with E-state index in [1.54, 1.807) is 0 Å². The Morgan fingerprint density at radius 3 is 1.93 bits per heavy atom. The summed E-state index contributed by atoms with van der Waals surface area (Å²) in [5, 5.41) is 9.41. The van der Waals surface area contributed by atoms with E-state index in [4.69, 9.17) is 4.99 Å². The standard InChI is InChI=1S/C26H24N2/c1-16(2)19-10-7-11-20(17(3)4)25(19)28-26-23-9-6-5-8-21(23)22-13-12-18(15-27)14-24(22)26/h5-14,16-17H,1-4H3. The van der Waals surface area contributed by atoms with Crippen molar-refractivity contribution in [2.45, 2.75) is 39.5 Å². The summed E-state index contributed by atoms with van der Waals surface area (Å²) in [5.41, 5.74) is 9.78. The van der Waals surface area contributed by atoms with Crippen molar-refractivity contribution in [2.24, 2.45) is 4.99 Å². The van der Waals surface area contributed by atoms with E-state index in [-0.39, 0.29) is 0 Å². The quantitative estimate of drug-likeness (QED) is 0.387. The van der Waals surface area contributed by atoms with Crippen LogP contribution in [0.1, 0.15) is 67.3 Å². The van der Waals surface area contributed by atoms with Crippen molar-refractivity contribution in [3.63, 3.8) is 0 Å². The monoisotopic (exact) mass is 364 g/mol. The molecule has 3 aromatic carbocycles. The van der Waals surface area contributed by atoms with Gasteiger partial charge >= 0.3 is 0 Å². The average molecular weight is 364 g/mol. The van der Waals surface area contributed by atoms with Crippen molar-refractivity contribution >= 4 is 11.4 Å². The second-order valence-electron chi connectivity index (χ2n) is 7.97. The molecule has 0 heterocycles. The lowest BCUT2D eigenvalue weighted by molar-refractivity contribution is 0.835. The molecule has 2 nitrogen and oxygen atoms in total. The summed E-state index contributed by atoms with van der Waals surface area (Å²) in [7, 11) is 0. The van der Waals surface area contributed by atoms with Gasteiger partial charge in [-0.3, -0.25) is 0 Å². The van der Waals surface area contributed by atoms with Crippen LogP contribution in [0.5, 0.6) is 0 Å². The maximum atomic E-state index is 9.41. The predicted molar refractivity (Wildman–Crippen MR) is 117 cm³/mol. The maximum absolute atomic E-state index is 9.41. The first kappa shape index (κ1) is 18.2. The van der Waals surface area contributed by atoms with Crippen molar-refractivity contribution in [1.82, 2.24) is 0 Å². The average Bonchev–Trinajstić information content (AvgIpc) is 3.01. The Hall–Kier alpha value is -3.18. The van der Waals surface area contributed by atoms with Gasteiger partial charge in [0.1, 0.15) is 0 Å². The second-order valence-corrected chi connectivity index (χ2v) is 7.97. The molecule has 3 aromatic rings. The van der Waals surface area contributed by atoms with Gasteiger partial charge in [-0.25, -0.2) is 4.99 Å². The van der Waals surface area contributed by atoms with Gasteiger partial charge in [0.05, 0.1) is 23.0 Å². The minimum atomic E-state index is 0.389. The number of para-hydroxylation sites is 1. The first-order valence-corrected chi connectivity index (χ1v) is 9.87. The zero-order chi connectivity index (χ0) is 19.8. The third-order valence-corrected chi connectivity index (χ3v) is 5.44. The molecular formula is C26H24N2. The van der Waals surface area contributed by atoms with Crippen molar-refractivity contribution in [2.75, 3.05) is 0 Å². The molecule has 0 saturated carbocycles. The van der Waals surface area contributed by atoms with E-state index in [0.717, 1.165) is 28.1 Å². The molecule has 0 bridgehead atoms. The molecule has 138 valence electrons. The third-order valence-electron chi connectivity index (χ3n) is 5.44. The predicted octanol–water partition coefficient (Wildman–Crippen LogP) is 6.95. The summed E-state index contributed by atoms with van der Waals surface area (Å²) >= 11 is 0. The summed E-state index contributed by atoms with van der Waals surface area (Å²) in [6.07, 6.45) is 0. The molecule has 0 spiro atoms. The fourth-order valence-corrected chi connectivity index (χ4v) is 3.99. The van der Waals surface area contributed by atoms with Crippen LogP contribution in [-0.4, -0.2) is 5.71 Å². The number of rotatable bonds is 3. The summed E-state index contributed by atoms with van der Waals surface area (Å²) < 4.78 is 0. The smallest absolute Gasteiger partial charge is 0.0991 e. The summed E-state index contributed by atoms with van der Waals surface area (Å²) in [6.45, 7) is 8.86. The molecule has 0 amide bonds. The third kappa shape index (κ3) is 2.94. The van der Waals surface area contributed by atoms with Gasteiger partial charge in [-0.15, -0.1) is 0 Å². The molecule has 0 aromatic heterocycles. The van der Waals surface area contributed by atoms with Crippen LogP contribution in [0.15, 0.2) is 65.7 Å². The van der Waals surface area contributed by atoms with Crippen LogP contribution < -0.4 is 0 Å². The Balaban J connectivity index is 2.03. The molecule has 0 aliphatic heterocycles. The highest BCUT2D eigenvalue weighted by molar-refractivity contribution is 6.25. The maximum Gasteiger partial charge on any atom is 0.0991 e. The highest BCUT2D eigenvalue weighted by atomic mass is 14.8.